The van der Waals surface area contributed by atoms with Crippen molar-refractivity contribution in [3.05, 3.63) is 48.8 Å². The Morgan fingerprint density at radius 2 is 2.00 bits per heavy atom. The Kier molecular flexibility index (Phi) is 3.09. The Hall–Kier alpha value is -2.82. The summed E-state index contributed by atoms with van der Waals surface area (Å²) in [5.41, 5.74) is 8.25. The van der Waals surface area contributed by atoms with E-state index in [0.717, 1.165) is 28.2 Å². The number of benzene rings is 2. The molecule has 5 heteroatoms. The summed E-state index contributed by atoms with van der Waals surface area (Å²) in [5, 5.41) is 4.15. The first kappa shape index (κ1) is 12.2. The van der Waals surface area contributed by atoms with E-state index < -0.39 is 0 Å². The fourth-order valence-electron chi connectivity index (χ4n) is 2.01. The Morgan fingerprint density at radius 3 is 2.85 bits per heavy atom. The highest BCUT2D eigenvalue weighted by Crippen LogP contribution is 2.26. The second kappa shape index (κ2) is 5.05. The van der Waals surface area contributed by atoms with Crippen molar-refractivity contribution in [3.8, 4) is 5.75 Å². The Balaban J connectivity index is 2.03. The van der Waals surface area contributed by atoms with E-state index in [2.05, 4.69) is 15.3 Å². The molecule has 0 amide bonds. The molecule has 0 saturated heterocycles. The number of anilines is 3. The van der Waals surface area contributed by atoms with Gasteiger partial charge in [-0.1, -0.05) is 6.07 Å². The fraction of sp³-hybridized carbons (Fsp3) is 0.0667. The summed E-state index contributed by atoms with van der Waals surface area (Å²) in [4.78, 5) is 8.51. The molecule has 0 atom stereocenters. The molecule has 0 bridgehead atoms. The van der Waals surface area contributed by atoms with Crippen LogP contribution in [0.3, 0.4) is 0 Å². The van der Waals surface area contributed by atoms with Gasteiger partial charge in [0.05, 0.1) is 12.6 Å². The van der Waals surface area contributed by atoms with Gasteiger partial charge in [0, 0.05) is 22.8 Å². The number of nitrogen functional groups attached to an aromatic ring is 1. The van der Waals surface area contributed by atoms with Gasteiger partial charge in [0.25, 0.3) is 0 Å². The topological polar surface area (TPSA) is 73.1 Å². The molecule has 1 heterocycles. The van der Waals surface area contributed by atoms with Gasteiger partial charge in [0.2, 0.25) is 0 Å². The minimum absolute atomic E-state index is 0.681. The molecule has 100 valence electrons. The van der Waals surface area contributed by atoms with Crippen molar-refractivity contribution in [2.45, 2.75) is 0 Å². The van der Waals surface area contributed by atoms with Gasteiger partial charge < -0.3 is 15.8 Å². The Labute approximate surface area is 116 Å². The minimum Gasteiger partial charge on any atom is -0.497 e. The molecule has 3 aromatic rings. The van der Waals surface area contributed by atoms with E-state index in [-0.39, 0.29) is 0 Å². The molecule has 0 aliphatic heterocycles. The normalized spacial score (nSPS) is 10.4. The van der Waals surface area contributed by atoms with Crippen molar-refractivity contribution in [3.63, 3.8) is 0 Å². The van der Waals surface area contributed by atoms with Crippen molar-refractivity contribution < 1.29 is 4.74 Å². The number of ether oxygens (including phenoxy) is 1. The van der Waals surface area contributed by atoms with Crippen LogP contribution in [-0.4, -0.2) is 17.1 Å². The van der Waals surface area contributed by atoms with Gasteiger partial charge in [-0.2, -0.15) is 0 Å². The van der Waals surface area contributed by atoms with Gasteiger partial charge in [-0.3, -0.25) is 0 Å². The van der Waals surface area contributed by atoms with Gasteiger partial charge in [-0.25, -0.2) is 9.97 Å². The second-order valence-corrected chi connectivity index (χ2v) is 4.36. The lowest BCUT2D eigenvalue weighted by molar-refractivity contribution is 0.415. The maximum absolute atomic E-state index is 5.83. The third kappa shape index (κ3) is 2.33. The molecule has 2 aromatic carbocycles. The van der Waals surface area contributed by atoms with Gasteiger partial charge in [0.1, 0.15) is 17.9 Å². The van der Waals surface area contributed by atoms with Crippen molar-refractivity contribution >= 4 is 28.1 Å². The summed E-state index contributed by atoms with van der Waals surface area (Å²) in [6.45, 7) is 0. The molecular weight excluding hydrogens is 252 g/mol. The van der Waals surface area contributed by atoms with E-state index in [9.17, 15) is 0 Å². The number of methoxy groups -OCH3 is 1. The molecule has 0 aliphatic carbocycles. The number of nitrogens with zero attached hydrogens (tertiary/aromatic N) is 2. The summed E-state index contributed by atoms with van der Waals surface area (Å²) in [5.74, 6) is 1.50. The van der Waals surface area contributed by atoms with Gasteiger partial charge in [-0.05, 0) is 30.3 Å². The first-order valence-electron chi connectivity index (χ1n) is 6.17. The Morgan fingerprint density at radius 1 is 1.10 bits per heavy atom. The fourth-order valence-corrected chi connectivity index (χ4v) is 2.01. The molecule has 0 aliphatic rings. The van der Waals surface area contributed by atoms with Crippen LogP contribution in [0.4, 0.5) is 17.2 Å². The van der Waals surface area contributed by atoms with Crippen molar-refractivity contribution in [2.75, 3.05) is 18.2 Å². The molecule has 0 fully saturated rings. The highest BCUT2D eigenvalue weighted by atomic mass is 16.5. The largest absolute Gasteiger partial charge is 0.497 e. The van der Waals surface area contributed by atoms with Gasteiger partial charge in [-0.15, -0.1) is 0 Å². The van der Waals surface area contributed by atoms with Crippen LogP contribution in [0.1, 0.15) is 0 Å². The van der Waals surface area contributed by atoms with E-state index in [1.807, 2.05) is 42.5 Å². The summed E-state index contributed by atoms with van der Waals surface area (Å²) < 4.78 is 5.21. The monoisotopic (exact) mass is 266 g/mol. The van der Waals surface area contributed by atoms with E-state index >= 15 is 0 Å². The van der Waals surface area contributed by atoms with Crippen molar-refractivity contribution in [1.29, 1.82) is 0 Å². The SMILES string of the molecule is COc1cccc(Nc2ncnc3ccc(N)cc23)c1. The molecule has 1 aromatic heterocycles. The number of nitrogens with two attached hydrogens (primary N) is 1. The number of hydrogen-bond donors (Lipinski definition) is 2. The smallest absolute Gasteiger partial charge is 0.141 e. The number of aromatic nitrogens is 2. The molecule has 20 heavy (non-hydrogen) atoms. The predicted molar refractivity (Wildman–Crippen MR) is 80.2 cm³/mol. The van der Waals surface area contributed by atoms with Crippen LogP contribution in [0.5, 0.6) is 5.75 Å². The van der Waals surface area contributed by atoms with Crippen LogP contribution in [0, 0.1) is 0 Å². The third-order valence-corrected chi connectivity index (χ3v) is 2.99. The van der Waals surface area contributed by atoms with E-state index in [1.165, 1.54) is 6.33 Å². The molecule has 0 radical (unpaired) electrons. The molecule has 5 nitrogen and oxygen atoms in total. The standard InChI is InChI=1S/C15H14N4O/c1-20-12-4-2-3-11(8-12)19-15-13-7-10(16)5-6-14(13)17-9-18-15/h2-9H,16H2,1H3,(H,17,18,19). The summed E-state index contributed by atoms with van der Waals surface area (Å²) >= 11 is 0. The zero-order valence-electron chi connectivity index (χ0n) is 11.0. The van der Waals surface area contributed by atoms with E-state index in [4.69, 9.17) is 10.5 Å². The van der Waals surface area contributed by atoms with E-state index in [0.29, 0.717) is 5.69 Å². The summed E-state index contributed by atoms with van der Waals surface area (Å²) in [7, 11) is 1.64. The summed E-state index contributed by atoms with van der Waals surface area (Å²) in [6.07, 6.45) is 1.53. The average Bonchev–Trinajstić information content (AvgIpc) is 2.48. The van der Waals surface area contributed by atoms with Crippen molar-refractivity contribution in [2.24, 2.45) is 0 Å². The zero-order valence-corrected chi connectivity index (χ0v) is 11.0. The highest BCUT2D eigenvalue weighted by Gasteiger charge is 2.05. The number of hydrogen-bond acceptors (Lipinski definition) is 5. The molecule has 3 rings (SSSR count). The third-order valence-electron chi connectivity index (χ3n) is 2.99. The minimum atomic E-state index is 0.681. The first-order chi connectivity index (χ1) is 9.76. The van der Waals surface area contributed by atoms with Crippen LogP contribution in [0.25, 0.3) is 10.9 Å². The van der Waals surface area contributed by atoms with Crippen LogP contribution in [0.2, 0.25) is 0 Å². The highest BCUT2D eigenvalue weighted by molar-refractivity contribution is 5.92. The lowest BCUT2D eigenvalue weighted by Crippen LogP contribution is -1.97. The molecule has 3 N–H and O–H groups in total. The predicted octanol–water partition coefficient (Wildman–Crippen LogP) is 2.96. The zero-order chi connectivity index (χ0) is 13.9. The molecule has 0 unspecified atom stereocenters. The quantitative estimate of drug-likeness (QED) is 0.713. The molecule has 0 spiro atoms. The van der Waals surface area contributed by atoms with Gasteiger partial charge in [0.15, 0.2) is 0 Å². The summed E-state index contributed by atoms with van der Waals surface area (Å²) in [6, 6.07) is 13.2. The number of fused-ring (bicyclic) bond motifs is 1. The van der Waals surface area contributed by atoms with Crippen LogP contribution < -0.4 is 15.8 Å². The molecular formula is C15H14N4O. The maximum atomic E-state index is 5.83. The number of rotatable bonds is 3. The Bertz CT molecular complexity index is 758. The van der Waals surface area contributed by atoms with Gasteiger partial charge >= 0.3 is 0 Å². The van der Waals surface area contributed by atoms with Crippen LogP contribution in [-0.2, 0) is 0 Å². The lowest BCUT2D eigenvalue weighted by Gasteiger charge is -2.09. The number of nitrogens with one attached hydrogen (secondary N) is 1. The van der Waals surface area contributed by atoms with Crippen LogP contribution >= 0.6 is 0 Å². The van der Waals surface area contributed by atoms with Crippen molar-refractivity contribution in [1.82, 2.24) is 9.97 Å². The van der Waals surface area contributed by atoms with Crippen LogP contribution in [0.15, 0.2) is 48.8 Å². The first-order valence-corrected chi connectivity index (χ1v) is 6.17. The van der Waals surface area contributed by atoms with E-state index in [1.54, 1.807) is 7.11 Å². The molecule has 0 saturated carbocycles. The average molecular weight is 266 g/mol. The second-order valence-electron chi connectivity index (χ2n) is 4.36. The maximum Gasteiger partial charge on any atom is 0.141 e. The lowest BCUT2D eigenvalue weighted by atomic mass is 10.2.